The van der Waals surface area contributed by atoms with Crippen LogP contribution in [0.5, 0.6) is 0 Å². The topological polar surface area (TPSA) is 50.2 Å². The van der Waals surface area contributed by atoms with E-state index in [4.69, 9.17) is 0 Å². The molecule has 5 heteroatoms. The first-order valence-corrected chi connectivity index (χ1v) is 6.72. The van der Waals surface area contributed by atoms with Crippen LogP contribution >= 0.6 is 15.9 Å². The molecular weight excluding hydrogens is 294 g/mol. The zero-order chi connectivity index (χ0) is 13.5. The second kappa shape index (κ2) is 6.96. The molecule has 2 aromatic rings. The van der Waals surface area contributed by atoms with Gasteiger partial charge in [0.2, 0.25) is 5.65 Å². The van der Waals surface area contributed by atoms with Gasteiger partial charge in [-0.3, -0.25) is 9.20 Å². The lowest BCUT2D eigenvalue weighted by Crippen LogP contribution is -2.14. The molecule has 0 aromatic carbocycles. The van der Waals surface area contributed by atoms with Gasteiger partial charge < -0.3 is 4.98 Å². The molecule has 0 amide bonds. The number of allylic oxidation sites excluding steroid dienone is 1. The van der Waals surface area contributed by atoms with Crippen molar-refractivity contribution < 1.29 is 0 Å². The maximum atomic E-state index is 11.6. The second-order valence-electron chi connectivity index (χ2n) is 3.35. The van der Waals surface area contributed by atoms with Gasteiger partial charge in [0.15, 0.2) is 0 Å². The summed E-state index contributed by atoms with van der Waals surface area (Å²) < 4.78 is 1.75. The second-order valence-corrected chi connectivity index (χ2v) is 4.47. The van der Waals surface area contributed by atoms with Crippen molar-refractivity contribution in [1.29, 1.82) is 0 Å². The minimum atomic E-state index is -0.205. The number of alkyl halides is 1. The van der Waals surface area contributed by atoms with Gasteiger partial charge in [-0.15, -0.1) is 0 Å². The van der Waals surface area contributed by atoms with Crippen LogP contribution in [0.3, 0.4) is 0 Å². The van der Waals surface area contributed by atoms with Gasteiger partial charge in [-0.1, -0.05) is 35.5 Å². The van der Waals surface area contributed by atoms with Crippen molar-refractivity contribution in [2.24, 2.45) is 0 Å². The van der Waals surface area contributed by atoms with Crippen LogP contribution < -0.4 is 5.56 Å². The molecular formula is C13H16BrN3O. The van der Waals surface area contributed by atoms with Gasteiger partial charge in [0.1, 0.15) is 0 Å². The summed E-state index contributed by atoms with van der Waals surface area (Å²) in [5, 5.41) is 1.06. The summed E-state index contributed by atoms with van der Waals surface area (Å²) in [6, 6.07) is 0. The maximum Gasteiger partial charge on any atom is 0.292 e. The average Bonchev–Trinajstić information content (AvgIpc) is 2.83. The Kier molecular flexibility index (Phi) is 5.58. The molecule has 0 unspecified atom stereocenters. The van der Waals surface area contributed by atoms with Crippen LogP contribution in [0.15, 0.2) is 29.8 Å². The van der Waals surface area contributed by atoms with E-state index in [1.54, 1.807) is 22.9 Å². The molecule has 0 fully saturated rings. The first kappa shape index (κ1) is 14.4. The van der Waals surface area contributed by atoms with Gasteiger partial charge in [0.25, 0.3) is 5.56 Å². The number of nitrogens with one attached hydrogen (secondary N) is 1. The monoisotopic (exact) mass is 309 g/mol. The quantitative estimate of drug-likeness (QED) is 0.867. The highest BCUT2D eigenvalue weighted by Crippen LogP contribution is 2.09. The fourth-order valence-electron chi connectivity index (χ4n) is 1.52. The third-order valence-electron chi connectivity index (χ3n) is 2.16. The average molecular weight is 310 g/mol. The molecule has 0 bridgehead atoms. The van der Waals surface area contributed by atoms with Crippen molar-refractivity contribution in [3.63, 3.8) is 0 Å². The van der Waals surface area contributed by atoms with E-state index in [0.29, 0.717) is 11.3 Å². The molecule has 0 aliphatic rings. The SMILES string of the molecule is C=Cc1[nH]c(=O)c2nccn2c1/C=C\C.CCBr. The van der Waals surface area contributed by atoms with Crippen LogP contribution in [0.2, 0.25) is 0 Å². The number of hydrogen-bond donors (Lipinski definition) is 1. The van der Waals surface area contributed by atoms with Crippen molar-refractivity contribution in [2.45, 2.75) is 13.8 Å². The van der Waals surface area contributed by atoms with E-state index in [2.05, 4.69) is 32.5 Å². The molecule has 4 nitrogen and oxygen atoms in total. The Balaban J connectivity index is 0.000000492. The first-order valence-electron chi connectivity index (χ1n) is 5.60. The molecule has 18 heavy (non-hydrogen) atoms. The van der Waals surface area contributed by atoms with Crippen molar-refractivity contribution >= 4 is 33.7 Å². The summed E-state index contributed by atoms with van der Waals surface area (Å²) in [4.78, 5) is 18.3. The number of H-pyrrole nitrogens is 1. The fourth-order valence-corrected chi connectivity index (χ4v) is 1.52. The zero-order valence-corrected chi connectivity index (χ0v) is 12.1. The Morgan fingerprint density at radius 1 is 1.61 bits per heavy atom. The molecule has 1 N–H and O–H groups in total. The normalized spacial score (nSPS) is 10.4. The lowest BCUT2D eigenvalue weighted by Gasteiger charge is -2.04. The van der Waals surface area contributed by atoms with Crippen LogP contribution in [-0.2, 0) is 0 Å². The van der Waals surface area contributed by atoms with Gasteiger partial charge in [0, 0.05) is 17.7 Å². The summed E-state index contributed by atoms with van der Waals surface area (Å²) in [5.74, 6) is 0. The molecule has 2 rings (SSSR count). The molecule has 0 saturated carbocycles. The molecule has 0 aliphatic heterocycles. The van der Waals surface area contributed by atoms with Gasteiger partial charge in [-0.05, 0) is 19.1 Å². The largest absolute Gasteiger partial charge is 0.317 e. The van der Waals surface area contributed by atoms with Gasteiger partial charge >= 0.3 is 0 Å². The number of halogens is 1. The number of nitrogens with zero attached hydrogens (tertiary/aromatic N) is 2. The van der Waals surface area contributed by atoms with E-state index in [0.717, 1.165) is 11.0 Å². The summed E-state index contributed by atoms with van der Waals surface area (Å²) in [6.45, 7) is 7.63. The minimum Gasteiger partial charge on any atom is -0.317 e. The third kappa shape index (κ3) is 2.98. The predicted molar refractivity (Wildman–Crippen MR) is 80.1 cm³/mol. The zero-order valence-electron chi connectivity index (χ0n) is 10.5. The Bertz CT molecular complexity index is 610. The Hall–Kier alpha value is -1.62. The van der Waals surface area contributed by atoms with E-state index in [9.17, 15) is 4.79 Å². The Morgan fingerprint density at radius 3 is 2.83 bits per heavy atom. The Labute approximate surface area is 114 Å². The van der Waals surface area contributed by atoms with E-state index in [1.165, 1.54) is 0 Å². The summed E-state index contributed by atoms with van der Waals surface area (Å²) in [7, 11) is 0. The van der Waals surface area contributed by atoms with E-state index < -0.39 is 0 Å². The van der Waals surface area contributed by atoms with Crippen LogP contribution in [-0.4, -0.2) is 19.7 Å². The molecule has 0 atom stereocenters. The minimum absolute atomic E-state index is 0.205. The highest BCUT2D eigenvalue weighted by molar-refractivity contribution is 9.09. The van der Waals surface area contributed by atoms with E-state index in [1.807, 2.05) is 26.0 Å². The summed E-state index contributed by atoms with van der Waals surface area (Å²) in [6.07, 6.45) is 8.79. The predicted octanol–water partition coefficient (Wildman–Crippen LogP) is 3.10. The van der Waals surface area contributed by atoms with E-state index in [-0.39, 0.29) is 5.56 Å². The molecule has 0 radical (unpaired) electrons. The number of aromatic amines is 1. The van der Waals surface area contributed by atoms with Crippen LogP contribution in [0.1, 0.15) is 25.2 Å². The third-order valence-corrected chi connectivity index (χ3v) is 2.16. The molecule has 2 aromatic heterocycles. The highest BCUT2D eigenvalue weighted by atomic mass is 79.9. The Morgan fingerprint density at radius 2 is 2.28 bits per heavy atom. The molecule has 0 aliphatic carbocycles. The lowest BCUT2D eigenvalue weighted by atomic mass is 10.2. The number of hydrogen-bond acceptors (Lipinski definition) is 2. The smallest absolute Gasteiger partial charge is 0.292 e. The lowest BCUT2D eigenvalue weighted by molar-refractivity contribution is 1.06. The van der Waals surface area contributed by atoms with Gasteiger partial charge in [-0.25, -0.2) is 4.98 Å². The number of aromatic nitrogens is 3. The van der Waals surface area contributed by atoms with E-state index >= 15 is 0 Å². The van der Waals surface area contributed by atoms with Crippen molar-refractivity contribution in [3.8, 4) is 0 Å². The van der Waals surface area contributed by atoms with Gasteiger partial charge in [0.05, 0.1) is 11.4 Å². The standard InChI is InChI=1S/C11H11N3O.C2H5Br/c1-3-5-9-8(4-2)13-11(15)10-12-6-7-14(9)10;1-2-3/h3-7H,2H2,1H3,(H,13,15);2H2,1H3/b5-3-;. The maximum absolute atomic E-state index is 11.6. The fraction of sp³-hybridized carbons (Fsp3) is 0.231. The number of fused-ring (bicyclic) bond motifs is 1. The number of rotatable bonds is 2. The highest BCUT2D eigenvalue weighted by Gasteiger charge is 2.06. The van der Waals surface area contributed by atoms with Crippen molar-refractivity contribution in [3.05, 3.63) is 46.8 Å². The van der Waals surface area contributed by atoms with Crippen molar-refractivity contribution in [2.75, 3.05) is 5.33 Å². The van der Waals surface area contributed by atoms with Gasteiger partial charge in [-0.2, -0.15) is 0 Å². The van der Waals surface area contributed by atoms with Crippen LogP contribution in [0.25, 0.3) is 17.8 Å². The summed E-state index contributed by atoms with van der Waals surface area (Å²) in [5.41, 5.74) is 1.76. The molecule has 96 valence electrons. The molecule has 2 heterocycles. The molecule has 0 saturated heterocycles. The molecule has 0 spiro atoms. The summed E-state index contributed by atoms with van der Waals surface area (Å²) >= 11 is 3.15. The van der Waals surface area contributed by atoms with Crippen LogP contribution in [0, 0.1) is 0 Å². The first-order chi connectivity index (χ1) is 8.69. The number of imidazole rings is 1. The van der Waals surface area contributed by atoms with Crippen molar-refractivity contribution in [1.82, 2.24) is 14.4 Å². The van der Waals surface area contributed by atoms with Crippen LogP contribution in [0.4, 0.5) is 0 Å².